The average molecular weight is 315 g/mol. The summed E-state index contributed by atoms with van der Waals surface area (Å²) in [6, 6.07) is 5.03. The van der Waals surface area contributed by atoms with Crippen molar-refractivity contribution in [2.75, 3.05) is 13.1 Å². The zero-order valence-corrected chi connectivity index (χ0v) is 12.5. The highest BCUT2D eigenvalue weighted by Crippen LogP contribution is 2.38. The van der Waals surface area contributed by atoms with Gasteiger partial charge in [0.05, 0.1) is 0 Å². The van der Waals surface area contributed by atoms with E-state index in [0.29, 0.717) is 25.6 Å². The van der Waals surface area contributed by atoms with Gasteiger partial charge in [-0.25, -0.2) is 0 Å². The van der Waals surface area contributed by atoms with Crippen molar-refractivity contribution in [2.45, 2.75) is 44.4 Å². The van der Waals surface area contributed by atoms with E-state index < -0.39 is 11.8 Å². The van der Waals surface area contributed by atoms with Crippen LogP contribution in [-0.2, 0) is 5.60 Å². The minimum absolute atomic E-state index is 0.167. The molecule has 1 aliphatic heterocycles. The lowest BCUT2D eigenvalue weighted by atomic mass is 9.94. The smallest absolute Gasteiger partial charge is 0.376 e. The van der Waals surface area contributed by atoms with Gasteiger partial charge in [-0.2, -0.15) is 13.2 Å². The molecule has 1 aromatic rings. The maximum Gasteiger partial charge on any atom is 0.421 e. The number of nitrogens with zero attached hydrogens (tertiary/aromatic N) is 1. The van der Waals surface area contributed by atoms with E-state index in [1.165, 1.54) is 24.3 Å². The molecule has 0 radical (unpaired) electrons. The van der Waals surface area contributed by atoms with Crippen molar-refractivity contribution in [3.05, 3.63) is 35.4 Å². The van der Waals surface area contributed by atoms with Crippen LogP contribution in [0.3, 0.4) is 0 Å². The summed E-state index contributed by atoms with van der Waals surface area (Å²) < 4.78 is 38.4. The summed E-state index contributed by atoms with van der Waals surface area (Å²) in [4.78, 5) is 14.1. The molecule has 1 N–H and O–H groups in total. The van der Waals surface area contributed by atoms with Gasteiger partial charge in [-0.3, -0.25) is 4.79 Å². The van der Waals surface area contributed by atoms with Crippen LogP contribution >= 0.6 is 0 Å². The van der Waals surface area contributed by atoms with Crippen molar-refractivity contribution in [3.8, 4) is 0 Å². The predicted molar refractivity (Wildman–Crippen MR) is 76.4 cm³/mol. The maximum atomic E-state index is 12.8. The van der Waals surface area contributed by atoms with Gasteiger partial charge in [0, 0.05) is 18.7 Å². The standard InChI is InChI=1S/C16H20F3NO2/c1-15(22,16(17,18)19)13-8-6-12(7-9-13)14(21)20-10-4-2-3-5-11-20/h6-9,22H,2-5,10-11H2,1H3. The molecule has 1 unspecified atom stereocenters. The number of carbonyl (C=O) groups excluding carboxylic acids is 1. The molecule has 1 aliphatic rings. The Morgan fingerprint density at radius 3 is 2.00 bits per heavy atom. The first-order chi connectivity index (χ1) is 10.2. The summed E-state index contributed by atoms with van der Waals surface area (Å²) in [5.41, 5.74) is -2.84. The zero-order chi connectivity index (χ0) is 16.4. The van der Waals surface area contributed by atoms with Crippen LogP contribution in [0, 0.1) is 0 Å². The maximum absolute atomic E-state index is 12.8. The van der Waals surface area contributed by atoms with Gasteiger partial charge < -0.3 is 10.0 Å². The molecule has 0 bridgehead atoms. The van der Waals surface area contributed by atoms with Crippen LogP contribution in [0.25, 0.3) is 0 Å². The summed E-state index contributed by atoms with van der Waals surface area (Å²) in [6.07, 6.45) is -0.670. The number of hydrogen-bond acceptors (Lipinski definition) is 2. The van der Waals surface area contributed by atoms with E-state index >= 15 is 0 Å². The first kappa shape index (κ1) is 16.8. The van der Waals surface area contributed by atoms with E-state index in [0.717, 1.165) is 25.7 Å². The molecule has 0 saturated carbocycles. The Balaban J connectivity index is 2.16. The second-order valence-corrected chi connectivity index (χ2v) is 5.85. The molecular formula is C16H20F3NO2. The van der Waals surface area contributed by atoms with Crippen molar-refractivity contribution in [1.29, 1.82) is 0 Å². The van der Waals surface area contributed by atoms with Gasteiger partial charge in [-0.05, 0) is 37.5 Å². The number of alkyl halides is 3. The van der Waals surface area contributed by atoms with Crippen LogP contribution < -0.4 is 0 Å². The summed E-state index contributed by atoms with van der Waals surface area (Å²) in [7, 11) is 0. The lowest BCUT2D eigenvalue weighted by Gasteiger charge is -2.27. The van der Waals surface area contributed by atoms with E-state index in [-0.39, 0.29) is 11.5 Å². The Labute approximate surface area is 127 Å². The molecule has 6 heteroatoms. The van der Waals surface area contributed by atoms with Crippen LogP contribution in [0.2, 0.25) is 0 Å². The number of carbonyl (C=O) groups is 1. The quantitative estimate of drug-likeness (QED) is 0.908. The number of benzene rings is 1. The molecule has 1 heterocycles. The van der Waals surface area contributed by atoms with Crippen molar-refractivity contribution >= 4 is 5.91 Å². The molecule has 0 spiro atoms. The van der Waals surface area contributed by atoms with E-state index in [2.05, 4.69) is 0 Å². The summed E-state index contributed by atoms with van der Waals surface area (Å²) in [5.74, 6) is -0.167. The molecule has 2 rings (SSSR count). The number of aliphatic hydroxyl groups is 1. The SMILES string of the molecule is CC(O)(c1ccc(C(=O)N2CCCCCC2)cc1)C(F)(F)F. The van der Waals surface area contributed by atoms with Crippen LogP contribution in [0.15, 0.2) is 24.3 Å². The summed E-state index contributed by atoms with van der Waals surface area (Å²) in [5, 5.41) is 9.62. The third kappa shape index (κ3) is 3.43. The first-order valence-corrected chi connectivity index (χ1v) is 7.42. The number of likely N-dealkylation sites (tertiary alicyclic amines) is 1. The monoisotopic (exact) mass is 315 g/mol. The molecule has 1 fully saturated rings. The Morgan fingerprint density at radius 2 is 1.55 bits per heavy atom. The fourth-order valence-electron chi connectivity index (χ4n) is 2.56. The Kier molecular flexibility index (Phi) is 4.80. The minimum Gasteiger partial charge on any atom is -0.376 e. The van der Waals surface area contributed by atoms with Gasteiger partial charge in [-0.15, -0.1) is 0 Å². The normalized spacial score (nSPS) is 19.4. The van der Waals surface area contributed by atoms with Crippen LogP contribution in [0.5, 0.6) is 0 Å². The topological polar surface area (TPSA) is 40.5 Å². The van der Waals surface area contributed by atoms with E-state index in [9.17, 15) is 23.1 Å². The van der Waals surface area contributed by atoms with E-state index in [1.54, 1.807) is 4.90 Å². The predicted octanol–water partition coefficient (Wildman–Crippen LogP) is 3.47. The number of hydrogen-bond donors (Lipinski definition) is 1. The second kappa shape index (κ2) is 6.28. The van der Waals surface area contributed by atoms with Crippen molar-refractivity contribution in [1.82, 2.24) is 4.90 Å². The molecule has 1 aromatic carbocycles. The molecule has 3 nitrogen and oxygen atoms in total. The number of halogens is 3. The lowest BCUT2D eigenvalue weighted by Crippen LogP contribution is -2.39. The molecule has 1 saturated heterocycles. The van der Waals surface area contributed by atoms with Crippen LogP contribution in [0.1, 0.15) is 48.5 Å². The average Bonchev–Trinajstić information content (AvgIpc) is 2.74. The summed E-state index contributed by atoms with van der Waals surface area (Å²) in [6.45, 7) is 2.07. The largest absolute Gasteiger partial charge is 0.421 e. The van der Waals surface area contributed by atoms with Crippen LogP contribution in [-0.4, -0.2) is 35.2 Å². The van der Waals surface area contributed by atoms with E-state index in [4.69, 9.17) is 0 Å². The molecule has 0 aromatic heterocycles. The third-order valence-corrected chi connectivity index (χ3v) is 4.14. The second-order valence-electron chi connectivity index (χ2n) is 5.85. The Bertz CT molecular complexity index is 515. The van der Waals surface area contributed by atoms with Crippen LogP contribution in [0.4, 0.5) is 13.2 Å². The lowest BCUT2D eigenvalue weighted by molar-refractivity contribution is -0.258. The minimum atomic E-state index is -4.76. The highest BCUT2D eigenvalue weighted by Gasteiger charge is 2.51. The van der Waals surface area contributed by atoms with Gasteiger partial charge in [0.15, 0.2) is 5.60 Å². The summed E-state index contributed by atoms with van der Waals surface area (Å²) >= 11 is 0. The molecule has 0 aliphatic carbocycles. The molecular weight excluding hydrogens is 295 g/mol. The fourth-order valence-corrected chi connectivity index (χ4v) is 2.56. The highest BCUT2D eigenvalue weighted by atomic mass is 19.4. The molecule has 22 heavy (non-hydrogen) atoms. The molecule has 1 amide bonds. The van der Waals surface area contributed by atoms with Crippen molar-refractivity contribution in [2.24, 2.45) is 0 Å². The first-order valence-electron chi connectivity index (χ1n) is 7.42. The van der Waals surface area contributed by atoms with Gasteiger partial charge in [0.2, 0.25) is 0 Å². The van der Waals surface area contributed by atoms with Gasteiger partial charge in [0.25, 0.3) is 5.91 Å². The number of amides is 1. The third-order valence-electron chi connectivity index (χ3n) is 4.14. The van der Waals surface area contributed by atoms with E-state index in [1.807, 2.05) is 0 Å². The number of rotatable bonds is 2. The molecule has 122 valence electrons. The Morgan fingerprint density at radius 1 is 1.05 bits per heavy atom. The van der Waals surface area contributed by atoms with Gasteiger partial charge in [-0.1, -0.05) is 25.0 Å². The van der Waals surface area contributed by atoms with Gasteiger partial charge in [0.1, 0.15) is 0 Å². The van der Waals surface area contributed by atoms with Crippen molar-refractivity contribution in [3.63, 3.8) is 0 Å². The highest BCUT2D eigenvalue weighted by molar-refractivity contribution is 5.94. The molecule has 1 atom stereocenters. The van der Waals surface area contributed by atoms with Gasteiger partial charge >= 0.3 is 6.18 Å². The Hall–Kier alpha value is -1.56. The van der Waals surface area contributed by atoms with Crippen molar-refractivity contribution < 1.29 is 23.1 Å². The fraction of sp³-hybridized carbons (Fsp3) is 0.562. The zero-order valence-electron chi connectivity index (χ0n) is 12.5.